The smallest absolute Gasteiger partial charge is 0.410 e. The van der Waals surface area contributed by atoms with E-state index in [0.29, 0.717) is 13.1 Å². The number of carbonyl (C=O) groups excluding carboxylic acids is 1. The van der Waals surface area contributed by atoms with Crippen LogP contribution < -0.4 is 0 Å². The first-order valence-electron chi connectivity index (χ1n) is 6.32. The quantitative estimate of drug-likeness (QED) is 0.562. The number of carbonyl (C=O) groups is 1. The predicted octanol–water partition coefficient (Wildman–Crippen LogP) is 2.30. The second-order valence-corrected chi connectivity index (χ2v) is 5.85. The van der Waals surface area contributed by atoms with Crippen molar-refractivity contribution in [3.05, 3.63) is 10.1 Å². The molecule has 0 aromatic carbocycles. The van der Waals surface area contributed by atoms with Crippen LogP contribution >= 0.6 is 0 Å². The van der Waals surface area contributed by atoms with Gasteiger partial charge in [-0.2, -0.15) is 0 Å². The van der Waals surface area contributed by atoms with Crippen molar-refractivity contribution in [2.45, 2.75) is 52.2 Å². The second-order valence-electron chi connectivity index (χ2n) is 5.85. The van der Waals surface area contributed by atoms with Crippen molar-refractivity contribution in [3.63, 3.8) is 0 Å². The van der Waals surface area contributed by atoms with Gasteiger partial charge in [-0.1, -0.05) is 0 Å². The summed E-state index contributed by atoms with van der Waals surface area (Å²) in [6.45, 7) is 8.07. The van der Waals surface area contributed by atoms with Crippen molar-refractivity contribution in [2.24, 2.45) is 5.92 Å². The average molecular weight is 258 g/mol. The molecule has 0 spiro atoms. The molecule has 1 aliphatic rings. The van der Waals surface area contributed by atoms with Crippen molar-refractivity contribution < 1.29 is 14.5 Å². The Kier molecular flexibility index (Phi) is 4.53. The topological polar surface area (TPSA) is 72.7 Å². The Balaban J connectivity index is 2.58. The van der Waals surface area contributed by atoms with Crippen LogP contribution in [0, 0.1) is 16.0 Å². The number of amides is 1. The van der Waals surface area contributed by atoms with Crippen LogP contribution in [-0.4, -0.2) is 40.6 Å². The summed E-state index contributed by atoms with van der Waals surface area (Å²) in [5, 5.41) is 10.8. The van der Waals surface area contributed by atoms with E-state index in [4.69, 9.17) is 4.74 Å². The van der Waals surface area contributed by atoms with Gasteiger partial charge in [0.05, 0.1) is 0 Å². The van der Waals surface area contributed by atoms with Gasteiger partial charge in [-0.05, 0) is 33.6 Å². The molecule has 1 saturated heterocycles. The number of likely N-dealkylation sites (tertiary alicyclic amines) is 1. The number of piperidine rings is 1. The van der Waals surface area contributed by atoms with E-state index in [1.807, 2.05) is 20.8 Å². The van der Waals surface area contributed by atoms with E-state index >= 15 is 0 Å². The molecule has 1 rings (SSSR count). The molecule has 0 bridgehead atoms. The monoisotopic (exact) mass is 258 g/mol. The zero-order valence-electron chi connectivity index (χ0n) is 11.5. The predicted molar refractivity (Wildman–Crippen MR) is 67.0 cm³/mol. The molecule has 0 saturated carbocycles. The summed E-state index contributed by atoms with van der Waals surface area (Å²) >= 11 is 0. The third kappa shape index (κ3) is 4.16. The lowest BCUT2D eigenvalue weighted by Crippen LogP contribution is -2.46. The molecule has 0 aromatic heterocycles. The zero-order chi connectivity index (χ0) is 13.9. The molecular weight excluding hydrogens is 236 g/mol. The first kappa shape index (κ1) is 14.7. The van der Waals surface area contributed by atoms with Crippen molar-refractivity contribution in [2.75, 3.05) is 13.1 Å². The van der Waals surface area contributed by atoms with Crippen molar-refractivity contribution in [3.8, 4) is 0 Å². The Morgan fingerprint density at radius 3 is 2.61 bits per heavy atom. The van der Waals surface area contributed by atoms with E-state index in [2.05, 4.69) is 0 Å². The first-order chi connectivity index (χ1) is 8.20. The first-order valence-corrected chi connectivity index (χ1v) is 6.32. The van der Waals surface area contributed by atoms with Gasteiger partial charge in [-0.25, -0.2) is 4.79 Å². The molecule has 2 unspecified atom stereocenters. The lowest BCUT2D eigenvalue weighted by molar-refractivity contribution is -0.528. The normalized spacial score (nSPS) is 22.4. The number of hydrogen-bond donors (Lipinski definition) is 0. The minimum atomic E-state index is -0.616. The van der Waals surface area contributed by atoms with Gasteiger partial charge >= 0.3 is 6.09 Å². The molecule has 0 aliphatic carbocycles. The fourth-order valence-corrected chi connectivity index (χ4v) is 2.07. The number of nitro groups is 1. The molecule has 0 radical (unpaired) electrons. The molecule has 0 N–H and O–H groups in total. The van der Waals surface area contributed by atoms with Crippen LogP contribution in [0.2, 0.25) is 0 Å². The molecule has 6 heteroatoms. The molecule has 1 fully saturated rings. The van der Waals surface area contributed by atoms with Crippen LogP contribution in [0.1, 0.15) is 40.5 Å². The van der Waals surface area contributed by atoms with Gasteiger partial charge in [0.1, 0.15) is 5.60 Å². The molecular formula is C12H22N2O4. The van der Waals surface area contributed by atoms with Gasteiger partial charge in [-0.15, -0.1) is 0 Å². The summed E-state index contributed by atoms with van der Waals surface area (Å²) in [6, 6.07) is -0.616. The van der Waals surface area contributed by atoms with Crippen molar-refractivity contribution in [1.29, 1.82) is 0 Å². The van der Waals surface area contributed by atoms with Crippen LogP contribution in [0.3, 0.4) is 0 Å². The maximum absolute atomic E-state index is 11.9. The molecule has 104 valence electrons. The van der Waals surface area contributed by atoms with Crippen LogP contribution in [0.4, 0.5) is 4.79 Å². The third-order valence-electron chi connectivity index (χ3n) is 3.12. The van der Waals surface area contributed by atoms with Gasteiger partial charge in [0.25, 0.3) is 0 Å². The summed E-state index contributed by atoms with van der Waals surface area (Å²) in [6.07, 6.45) is 1.21. The second kappa shape index (κ2) is 5.54. The Morgan fingerprint density at radius 1 is 1.50 bits per heavy atom. The highest BCUT2D eigenvalue weighted by atomic mass is 16.6. The third-order valence-corrected chi connectivity index (χ3v) is 3.12. The summed E-state index contributed by atoms with van der Waals surface area (Å²) in [5.41, 5.74) is -0.529. The summed E-state index contributed by atoms with van der Waals surface area (Å²) in [7, 11) is 0. The van der Waals surface area contributed by atoms with Crippen molar-refractivity contribution >= 4 is 6.09 Å². The summed E-state index contributed by atoms with van der Waals surface area (Å²) < 4.78 is 5.28. The van der Waals surface area contributed by atoms with Gasteiger partial charge in [0.15, 0.2) is 0 Å². The largest absolute Gasteiger partial charge is 0.444 e. The Bertz CT molecular complexity index is 325. The standard InChI is InChI=1S/C12H22N2O4/c1-9(14(16)17)10-6-5-7-13(8-10)11(15)18-12(2,3)4/h9-10H,5-8H2,1-4H3. The minimum absolute atomic E-state index is 0.0822. The Labute approximate surface area is 107 Å². The van der Waals surface area contributed by atoms with E-state index in [-0.39, 0.29) is 16.9 Å². The fraction of sp³-hybridized carbons (Fsp3) is 0.917. The molecule has 6 nitrogen and oxygen atoms in total. The molecule has 1 amide bonds. The average Bonchev–Trinajstić information content (AvgIpc) is 2.25. The van der Waals surface area contributed by atoms with Crippen molar-refractivity contribution in [1.82, 2.24) is 4.90 Å². The number of rotatable bonds is 2. The van der Waals surface area contributed by atoms with E-state index in [9.17, 15) is 14.9 Å². The highest BCUT2D eigenvalue weighted by Gasteiger charge is 2.34. The number of ether oxygens (including phenoxy) is 1. The maximum atomic E-state index is 11.9. The Morgan fingerprint density at radius 2 is 2.11 bits per heavy atom. The van der Waals surface area contributed by atoms with Gasteiger partial charge in [-0.3, -0.25) is 10.1 Å². The highest BCUT2D eigenvalue weighted by molar-refractivity contribution is 5.68. The molecule has 18 heavy (non-hydrogen) atoms. The van der Waals surface area contributed by atoms with Crippen LogP contribution in [0.15, 0.2) is 0 Å². The van der Waals surface area contributed by atoms with E-state index in [0.717, 1.165) is 12.8 Å². The van der Waals surface area contributed by atoms with E-state index < -0.39 is 11.6 Å². The fourth-order valence-electron chi connectivity index (χ4n) is 2.07. The summed E-state index contributed by atoms with van der Waals surface area (Å²) in [5.74, 6) is -0.0822. The Hall–Kier alpha value is -1.33. The SMILES string of the molecule is CC(C1CCCN(C(=O)OC(C)(C)C)C1)[N+](=O)[O-]. The molecule has 1 heterocycles. The molecule has 0 aromatic rings. The van der Waals surface area contributed by atoms with E-state index in [1.54, 1.807) is 11.8 Å². The van der Waals surface area contributed by atoms with E-state index in [1.165, 1.54) is 0 Å². The lowest BCUT2D eigenvalue weighted by Gasteiger charge is -2.34. The molecule has 1 aliphatic heterocycles. The lowest BCUT2D eigenvalue weighted by atomic mass is 9.92. The number of nitrogens with zero attached hydrogens (tertiary/aromatic N) is 2. The molecule has 2 atom stereocenters. The number of hydrogen-bond acceptors (Lipinski definition) is 4. The van der Waals surface area contributed by atoms with Gasteiger partial charge in [0.2, 0.25) is 6.04 Å². The van der Waals surface area contributed by atoms with Crippen LogP contribution in [0.25, 0.3) is 0 Å². The highest BCUT2D eigenvalue weighted by Crippen LogP contribution is 2.22. The van der Waals surface area contributed by atoms with Crippen LogP contribution in [0.5, 0.6) is 0 Å². The summed E-state index contributed by atoms with van der Waals surface area (Å²) in [4.78, 5) is 24.0. The maximum Gasteiger partial charge on any atom is 0.410 e. The van der Waals surface area contributed by atoms with Gasteiger partial charge < -0.3 is 9.64 Å². The van der Waals surface area contributed by atoms with Gasteiger partial charge in [0, 0.05) is 30.9 Å². The minimum Gasteiger partial charge on any atom is -0.444 e. The zero-order valence-corrected chi connectivity index (χ0v) is 11.5. The van der Waals surface area contributed by atoms with Crippen LogP contribution in [-0.2, 0) is 4.74 Å².